The fourth-order valence-electron chi connectivity index (χ4n) is 6.26. The van der Waals surface area contributed by atoms with E-state index in [1.807, 2.05) is 18.5 Å². The second-order valence-electron chi connectivity index (χ2n) is 10.6. The van der Waals surface area contributed by atoms with E-state index in [0.717, 1.165) is 50.5 Å². The molecule has 4 heterocycles. The van der Waals surface area contributed by atoms with Crippen molar-refractivity contribution in [2.24, 2.45) is 10.4 Å². The minimum absolute atomic E-state index is 0.228. The number of nitrogens with one attached hydrogen (secondary N) is 1. The first-order valence-corrected chi connectivity index (χ1v) is 13.0. The predicted octanol–water partition coefficient (Wildman–Crippen LogP) is 4.84. The number of aliphatic imine (C=N–C) groups is 1. The van der Waals surface area contributed by atoms with Crippen LogP contribution >= 0.6 is 0 Å². The molecule has 0 atom stereocenters. The van der Waals surface area contributed by atoms with Crippen LogP contribution in [0.5, 0.6) is 0 Å². The second-order valence-corrected chi connectivity index (χ2v) is 10.6. The Morgan fingerprint density at radius 2 is 1.79 bits per heavy atom. The van der Waals surface area contributed by atoms with E-state index in [1.54, 1.807) is 0 Å². The van der Waals surface area contributed by atoms with Crippen LogP contribution in [-0.4, -0.2) is 58.3 Å². The van der Waals surface area contributed by atoms with Crippen molar-refractivity contribution in [2.45, 2.75) is 64.8 Å². The van der Waals surface area contributed by atoms with E-state index in [-0.39, 0.29) is 5.41 Å². The van der Waals surface area contributed by atoms with Gasteiger partial charge in [0.15, 0.2) is 0 Å². The van der Waals surface area contributed by atoms with Crippen molar-refractivity contribution in [3.63, 3.8) is 0 Å². The Balaban J connectivity index is 1.19. The van der Waals surface area contributed by atoms with Gasteiger partial charge in [0.25, 0.3) is 0 Å². The summed E-state index contributed by atoms with van der Waals surface area (Å²) in [7, 11) is 0. The van der Waals surface area contributed by atoms with Crippen LogP contribution in [0.1, 0.15) is 63.6 Å². The number of pyridine rings is 1. The van der Waals surface area contributed by atoms with Gasteiger partial charge in [-0.25, -0.2) is 15.0 Å². The van der Waals surface area contributed by atoms with E-state index in [0.29, 0.717) is 12.0 Å². The summed E-state index contributed by atoms with van der Waals surface area (Å²) in [5.41, 5.74) is 6.35. The molecule has 6 rings (SSSR count). The van der Waals surface area contributed by atoms with Gasteiger partial charge in [-0.1, -0.05) is 19.3 Å². The van der Waals surface area contributed by atoms with Crippen LogP contribution < -0.4 is 10.2 Å². The molecule has 7 nitrogen and oxygen atoms in total. The standard InChI is InChI=1S/C27H35N7/c1-19(2)33-12-14-34(15-13-33)21-6-7-23(29-18-21)31-26-30-17-20-16-22-24(25(20)32-26)27(10-11-28-22)8-4-3-5-9-27/h6-7,11,17-19H,3-5,8-10,12-16H2,1-2H3,(H,29,30,31,32). The molecule has 1 N–H and O–H groups in total. The topological polar surface area (TPSA) is 69.5 Å². The number of piperazine rings is 1. The zero-order valence-corrected chi connectivity index (χ0v) is 20.4. The summed E-state index contributed by atoms with van der Waals surface area (Å²) < 4.78 is 0. The average molecular weight is 458 g/mol. The van der Waals surface area contributed by atoms with E-state index >= 15 is 0 Å². The van der Waals surface area contributed by atoms with Gasteiger partial charge in [0.2, 0.25) is 5.95 Å². The van der Waals surface area contributed by atoms with Crippen LogP contribution in [-0.2, 0) is 6.42 Å². The summed E-state index contributed by atoms with van der Waals surface area (Å²) in [5, 5.41) is 3.35. The highest BCUT2D eigenvalue weighted by atomic mass is 15.3. The average Bonchev–Trinajstić information content (AvgIpc) is 3.25. The molecule has 2 fully saturated rings. The second kappa shape index (κ2) is 8.77. The summed E-state index contributed by atoms with van der Waals surface area (Å²) in [6.45, 7) is 8.83. The molecule has 2 aromatic heterocycles. The number of allylic oxidation sites excluding steroid dienone is 2. The van der Waals surface area contributed by atoms with Gasteiger partial charge in [0.1, 0.15) is 5.82 Å². The van der Waals surface area contributed by atoms with Gasteiger partial charge in [0, 0.05) is 67.6 Å². The summed E-state index contributed by atoms with van der Waals surface area (Å²) in [4.78, 5) is 24.0. The number of nitrogens with zero attached hydrogens (tertiary/aromatic N) is 6. The first-order chi connectivity index (χ1) is 16.6. The third-order valence-corrected chi connectivity index (χ3v) is 8.22. The number of rotatable bonds is 4. The largest absolute Gasteiger partial charge is 0.368 e. The maximum Gasteiger partial charge on any atom is 0.228 e. The van der Waals surface area contributed by atoms with Crippen LogP contribution in [0.25, 0.3) is 5.57 Å². The lowest BCUT2D eigenvalue weighted by atomic mass is 9.65. The van der Waals surface area contributed by atoms with Gasteiger partial charge in [-0.15, -0.1) is 0 Å². The van der Waals surface area contributed by atoms with Crippen molar-refractivity contribution < 1.29 is 0 Å². The number of hydrogen-bond donors (Lipinski definition) is 1. The molecular weight excluding hydrogens is 422 g/mol. The smallest absolute Gasteiger partial charge is 0.228 e. The van der Waals surface area contributed by atoms with Crippen molar-refractivity contribution in [3.05, 3.63) is 41.5 Å². The molecule has 1 saturated heterocycles. The molecule has 2 aliphatic carbocycles. The molecule has 0 bridgehead atoms. The van der Waals surface area contributed by atoms with Crippen LogP contribution in [0.15, 0.2) is 35.2 Å². The molecule has 34 heavy (non-hydrogen) atoms. The lowest BCUT2D eigenvalue weighted by Crippen LogP contribution is -2.48. The van der Waals surface area contributed by atoms with Crippen LogP contribution in [0, 0.1) is 5.41 Å². The number of aromatic nitrogens is 3. The number of anilines is 3. The summed E-state index contributed by atoms with van der Waals surface area (Å²) >= 11 is 0. The Hall–Kier alpha value is -2.80. The Labute approximate surface area is 202 Å². The van der Waals surface area contributed by atoms with Gasteiger partial charge in [-0.2, -0.15) is 0 Å². The Morgan fingerprint density at radius 1 is 0.971 bits per heavy atom. The van der Waals surface area contributed by atoms with E-state index < -0.39 is 0 Å². The lowest BCUT2D eigenvalue weighted by Gasteiger charge is -2.39. The van der Waals surface area contributed by atoms with Crippen molar-refractivity contribution in [3.8, 4) is 0 Å². The molecule has 1 saturated carbocycles. The fourth-order valence-corrected chi connectivity index (χ4v) is 6.26. The normalized spacial score (nSPS) is 21.8. The quantitative estimate of drug-likeness (QED) is 0.709. The summed E-state index contributed by atoms with van der Waals surface area (Å²) in [5.74, 6) is 1.41. The summed E-state index contributed by atoms with van der Waals surface area (Å²) in [6.07, 6.45) is 14.5. The van der Waals surface area contributed by atoms with E-state index in [1.165, 1.54) is 54.6 Å². The number of fused-ring (bicyclic) bond motifs is 3. The third kappa shape index (κ3) is 3.90. The molecule has 4 aliphatic rings. The first kappa shape index (κ1) is 21.7. The van der Waals surface area contributed by atoms with E-state index in [2.05, 4.69) is 51.2 Å². The van der Waals surface area contributed by atoms with E-state index in [4.69, 9.17) is 9.98 Å². The Kier molecular flexibility index (Phi) is 5.60. The van der Waals surface area contributed by atoms with Gasteiger partial charge in [0.05, 0.1) is 23.3 Å². The molecule has 0 aromatic carbocycles. The van der Waals surface area contributed by atoms with Crippen molar-refractivity contribution >= 4 is 29.2 Å². The zero-order valence-electron chi connectivity index (χ0n) is 20.4. The minimum atomic E-state index is 0.228. The molecule has 0 amide bonds. The SMILES string of the molecule is CC(C)N1CCN(c2ccc(Nc3ncc4c(n3)C3=C(C4)N=CCC34CCCCC4)nc2)CC1. The fraction of sp³-hybridized carbons (Fsp3) is 0.556. The monoisotopic (exact) mass is 457 g/mol. The molecule has 2 aliphatic heterocycles. The van der Waals surface area contributed by atoms with Crippen molar-refractivity contribution in [1.29, 1.82) is 0 Å². The first-order valence-electron chi connectivity index (χ1n) is 13.0. The van der Waals surface area contributed by atoms with Gasteiger partial charge >= 0.3 is 0 Å². The molecule has 7 heteroatoms. The minimum Gasteiger partial charge on any atom is -0.368 e. The molecule has 0 unspecified atom stereocenters. The summed E-state index contributed by atoms with van der Waals surface area (Å²) in [6, 6.07) is 4.81. The highest BCUT2D eigenvalue weighted by Crippen LogP contribution is 2.54. The van der Waals surface area contributed by atoms with Gasteiger partial charge in [-0.05, 0) is 45.2 Å². The van der Waals surface area contributed by atoms with Crippen LogP contribution in [0.4, 0.5) is 17.5 Å². The van der Waals surface area contributed by atoms with Gasteiger partial charge in [-0.3, -0.25) is 9.89 Å². The molecule has 178 valence electrons. The van der Waals surface area contributed by atoms with Crippen LogP contribution in [0.3, 0.4) is 0 Å². The van der Waals surface area contributed by atoms with Crippen molar-refractivity contribution in [1.82, 2.24) is 19.9 Å². The molecule has 0 radical (unpaired) electrons. The molecule has 2 aromatic rings. The molecular formula is C27H35N7. The highest BCUT2D eigenvalue weighted by Gasteiger charge is 2.43. The van der Waals surface area contributed by atoms with Crippen LogP contribution in [0.2, 0.25) is 0 Å². The van der Waals surface area contributed by atoms with Gasteiger partial charge < -0.3 is 10.2 Å². The van der Waals surface area contributed by atoms with Crippen molar-refractivity contribution in [2.75, 3.05) is 36.4 Å². The molecule has 1 spiro atoms. The maximum absolute atomic E-state index is 5.01. The zero-order chi connectivity index (χ0) is 23.1. The number of hydrogen-bond acceptors (Lipinski definition) is 7. The predicted molar refractivity (Wildman–Crippen MR) is 138 cm³/mol. The Bertz CT molecular complexity index is 1100. The lowest BCUT2D eigenvalue weighted by molar-refractivity contribution is 0.209. The highest BCUT2D eigenvalue weighted by molar-refractivity contribution is 5.84. The maximum atomic E-state index is 5.01. The third-order valence-electron chi connectivity index (χ3n) is 8.22. The van der Waals surface area contributed by atoms with E-state index in [9.17, 15) is 0 Å². The Morgan fingerprint density at radius 3 is 2.53 bits per heavy atom.